The van der Waals surface area contributed by atoms with Crippen LogP contribution in [0.1, 0.15) is 12.0 Å². The average molecular weight is 301 g/mol. The van der Waals surface area contributed by atoms with E-state index in [4.69, 9.17) is 15.6 Å². The Hall–Kier alpha value is -1.48. The first-order valence-corrected chi connectivity index (χ1v) is 7.53. The summed E-state index contributed by atoms with van der Waals surface area (Å²) >= 11 is 0. The molecule has 0 aliphatic heterocycles. The fourth-order valence-corrected chi connectivity index (χ4v) is 2.11. The van der Waals surface area contributed by atoms with Crippen molar-refractivity contribution in [1.29, 1.82) is 0 Å². The summed E-state index contributed by atoms with van der Waals surface area (Å²) in [5, 5.41) is 7.67. The average Bonchev–Trinajstić information content (AvgIpc) is 2.41. The molecule has 1 atom stereocenters. The number of carbonyl (C=O) groups is 1. The topological polar surface area (TPSA) is 125 Å². The van der Waals surface area contributed by atoms with Gasteiger partial charge in [-0.15, -0.1) is 0 Å². The number of methoxy groups -OCH3 is 1. The van der Waals surface area contributed by atoms with Gasteiger partial charge in [0.2, 0.25) is 15.9 Å². The largest absolute Gasteiger partial charge is 0.385 e. The van der Waals surface area contributed by atoms with Crippen molar-refractivity contribution in [3.05, 3.63) is 29.8 Å². The molecule has 0 fully saturated rings. The molecular formula is C12H19N3O4S. The Balaban J connectivity index is 2.60. The van der Waals surface area contributed by atoms with Gasteiger partial charge in [-0.25, -0.2) is 13.6 Å². The number of nitrogens with one attached hydrogen (secondary N) is 1. The number of benzene rings is 1. The molecule has 1 rings (SSSR count). The SMILES string of the molecule is COCCC(N)C(=O)NCc1cccc(S(N)(=O)=O)c1. The number of ether oxygens (including phenoxy) is 1. The molecule has 8 heteroatoms. The van der Waals surface area contributed by atoms with Crippen molar-refractivity contribution in [3.8, 4) is 0 Å². The Bertz CT molecular complexity index is 560. The van der Waals surface area contributed by atoms with Crippen LogP contribution in [0.2, 0.25) is 0 Å². The van der Waals surface area contributed by atoms with Gasteiger partial charge >= 0.3 is 0 Å². The molecule has 1 aromatic carbocycles. The zero-order valence-electron chi connectivity index (χ0n) is 11.2. The lowest BCUT2D eigenvalue weighted by Crippen LogP contribution is -2.40. The number of amides is 1. The summed E-state index contributed by atoms with van der Waals surface area (Å²) in [5.74, 6) is -0.317. The molecular weight excluding hydrogens is 282 g/mol. The van der Waals surface area contributed by atoms with Crippen LogP contribution in [-0.2, 0) is 26.1 Å². The number of carbonyl (C=O) groups excluding carboxylic acids is 1. The Morgan fingerprint density at radius 3 is 2.75 bits per heavy atom. The number of rotatable bonds is 7. The summed E-state index contributed by atoms with van der Waals surface area (Å²) in [7, 11) is -2.22. The Kier molecular flexibility index (Phi) is 6.08. The zero-order valence-corrected chi connectivity index (χ0v) is 12.0. The van der Waals surface area contributed by atoms with Gasteiger partial charge in [0.15, 0.2) is 0 Å². The van der Waals surface area contributed by atoms with Crippen molar-refractivity contribution in [2.24, 2.45) is 10.9 Å². The minimum atomic E-state index is -3.75. The summed E-state index contributed by atoms with van der Waals surface area (Å²) in [5.41, 5.74) is 6.29. The first kappa shape index (κ1) is 16.6. The lowest BCUT2D eigenvalue weighted by molar-refractivity contribution is -0.122. The van der Waals surface area contributed by atoms with Gasteiger partial charge in [-0.2, -0.15) is 0 Å². The predicted octanol–water partition coefficient (Wildman–Crippen LogP) is -0.686. The normalized spacial score (nSPS) is 12.9. The summed E-state index contributed by atoms with van der Waals surface area (Å²) in [4.78, 5) is 11.7. The minimum Gasteiger partial charge on any atom is -0.385 e. The van der Waals surface area contributed by atoms with E-state index in [0.717, 1.165) is 0 Å². The fraction of sp³-hybridized carbons (Fsp3) is 0.417. The van der Waals surface area contributed by atoms with Crippen molar-refractivity contribution < 1.29 is 17.9 Å². The van der Waals surface area contributed by atoms with Gasteiger partial charge < -0.3 is 15.8 Å². The van der Waals surface area contributed by atoms with Crippen molar-refractivity contribution >= 4 is 15.9 Å². The van der Waals surface area contributed by atoms with Crippen molar-refractivity contribution in [2.45, 2.75) is 23.9 Å². The Morgan fingerprint density at radius 2 is 2.15 bits per heavy atom. The molecule has 0 heterocycles. The first-order chi connectivity index (χ1) is 9.34. The van der Waals surface area contributed by atoms with Crippen LogP contribution in [0.4, 0.5) is 0 Å². The summed E-state index contributed by atoms with van der Waals surface area (Å²) in [6, 6.07) is 5.40. The van der Waals surface area contributed by atoms with Crippen LogP contribution in [0.15, 0.2) is 29.2 Å². The molecule has 0 aromatic heterocycles. The summed E-state index contributed by atoms with van der Waals surface area (Å²) in [6.45, 7) is 0.582. The third-order valence-electron chi connectivity index (χ3n) is 2.66. The van der Waals surface area contributed by atoms with E-state index in [-0.39, 0.29) is 17.3 Å². The maximum atomic E-state index is 11.7. The smallest absolute Gasteiger partial charge is 0.238 e. The van der Waals surface area contributed by atoms with Gasteiger partial charge in [0.25, 0.3) is 0 Å². The highest BCUT2D eigenvalue weighted by Crippen LogP contribution is 2.09. The van der Waals surface area contributed by atoms with Crippen molar-refractivity contribution in [1.82, 2.24) is 5.32 Å². The number of hydrogen-bond donors (Lipinski definition) is 3. The molecule has 0 saturated carbocycles. The molecule has 1 aromatic rings. The van der Waals surface area contributed by atoms with Crippen LogP contribution in [0.3, 0.4) is 0 Å². The standard InChI is InChI=1S/C12H19N3O4S/c1-19-6-5-11(13)12(16)15-8-9-3-2-4-10(7-9)20(14,17)18/h2-4,7,11H,5-6,8,13H2,1H3,(H,15,16)(H2,14,17,18). The molecule has 20 heavy (non-hydrogen) atoms. The van der Waals surface area contributed by atoms with E-state index in [1.807, 2.05) is 0 Å². The van der Waals surface area contributed by atoms with Crippen LogP contribution in [-0.4, -0.2) is 34.1 Å². The van der Waals surface area contributed by atoms with Crippen LogP contribution in [0.5, 0.6) is 0 Å². The van der Waals surface area contributed by atoms with Gasteiger partial charge in [-0.05, 0) is 24.1 Å². The molecule has 5 N–H and O–H groups in total. The molecule has 0 bridgehead atoms. The lowest BCUT2D eigenvalue weighted by Gasteiger charge is -2.12. The fourth-order valence-electron chi connectivity index (χ4n) is 1.53. The first-order valence-electron chi connectivity index (χ1n) is 5.98. The van der Waals surface area contributed by atoms with E-state index >= 15 is 0 Å². The van der Waals surface area contributed by atoms with Crippen LogP contribution in [0.25, 0.3) is 0 Å². The minimum absolute atomic E-state index is 0.00734. The monoisotopic (exact) mass is 301 g/mol. The maximum Gasteiger partial charge on any atom is 0.238 e. The molecule has 0 radical (unpaired) electrons. The number of primary sulfonamides is 1. The van der Waals surface area contributed by atoms with Gasteiger partial charge in [0, 0.05) is 20.3 Å². The third-order valence-corrected chi connectivity index (χ3v) is 3.57. The van der Waals surface area contributed by atoms with Gasteiger partial charge in [0.05, 0.1) is 10.9 Å². The van der Waals surface area contributed by atoms with Crippen LogP contribution < -0.4 is 16.2 Å². The molecule has 0 saturated heterocycles. The van der Waals surface area contributed by atoms with Crippen LogP contribution in [0, 0.1) is 0 Å². The Morgan fingerprint density at radius 1 is 1.45 bits per heavy atom. The molecule has 0 aliphatic carbocycles. The third kappa shape index (κ3) is 5.25. The second-order valence-electron chi connectivity index (χ2n) is 4.30. The Labute approximate surface area is 118 Å². The number of hydrogen-bond acceptors (Lipinski definition) is 5. The molecule has 0 aliphatic rings. The lowest BCUT2D eigenvalue weighted by atomic mass is 10.2. The molecule has 7 nitrogen and oxygen atoms in total. The summed E-state index contributed by atoms with van der Waals surface area (Å²) < 4.78 is 27.3. The molecule has 0 spiro atoms. The van der Waals surface area contributed by atoms with E-state index in [1.165, 1.54) is 19.2 Å². The van der Waals surface area contributed by atoms with E-state index < -0.39 is 16.1 Å². The number of nitrogens with two attached hydrogens (primary N) is 2. The van der Waals surface area contributed by atoms with E-state index in [0.29, 0.717) is 18.6 Å². The highest BCUT2D eigenvalue weighted by atomic mass is 32.2. The molecule has 112 valence electrons. The van der Waals surface area contributed by atoms with Crippen LogP contribution >= 0.6 is 0 Å². The zero-order chi connectivity index (χ0) is 15.2. The predicted molar refractivity (Wildman–Crippen MR) is 74.1 cm³/mol. The second-order valence-corrected chi connectivity index (χ2v) is 5.86. The molecule has 1 unspecified atom stereocenters. The quantitative estimate of drug-likeness (QED) is 0.615. The van der Waals surface area contributed by atoms with E-state index in [1.54, 1.807) is 12.1 Å². The van der Waals surface area contributed by atoms with E-state index in [2.05, 4.69) is 5.32 Å². The highest BCUT2D eigenvalue weighted by molar-refractivity contribution is 7.89. The van der Waals surface area contributed by atoms with Gasteiger partial charge in [0.1, 0.15) is 0 Å². The van der Waals surface area contributed by atoms with E-state index in [9.17, 15) is 13.2 Å². The summed E-state index contributed by atoms with van der Waals surface area (Å²) in [6.07, 6.45) is 0.416. The van der Waals surface area contributed by atoms with Crippen molar-refractivity contribution in [3.63, 3.8) is 0 Å². The maximum absolute atomic E-state index is 11.7. The van der Waals surface area contributed by atoms with Gasteiger partial charge in [-0.1, -0.05) is 12.1 Å². The molecule has 1 amide bonds. The number of sulfonamides is 1. The second kappa shape index (κ2) is 7.34. The van der Waals surface area contributed by atoms with Gasteiger partial charge in [-0.3, -0.25) is 4.79 Å². The highest BCUT2D eigenvalue weighted by Gasteiger charge is 2.13. The van der Waals surface area contributed by atoms with Crippen molar-refractivity contribution in [2.75, 3.05) is 13.7 Å².